The van der Waals surface area contributed by atoms with Crippen LogP contribution in [0.5, 0.6) is 0 Å². The van der Waals surface area contributed by atoms with Crippen LogP contribution in [-0.4, -0.2) is 15.9 Å². The molecule has 0 amide bonds. The van der Waals surface area contributed by atoms with Gasteiger partial charge in [0.15, 0.2) is 5.65 Å². The van der Waals surface area contributed by atoms with E-state index in [9.17, 15) is 13.2 Å². The van der Waals surface area contributed by atoms with Crippen molar-refractivity contribution in [1.82, 2.24) is 9.38 Å². The van der Waals surface area contributed by atoms with Crippen LogP contribution in [0.4, 0.5) is 13.2 Å². The highest BCUT2D eigenvalue weighted by atomic mass is 35.5. The lowest BCUT2D eigenvalue weighted by Gasteiger charge is -2.10. The van der Waals surface area contributed by atoms with Gasteiger partial charge in [-0.15, -0.1) is 0 Å². The second kappa shape index (κ2) is 6.69. The highest BCUT2D eigenvalue weighted by Gasteiger charge is 2.32. The second-order valence-electron chi connectivity index (χ2n) is 5.76. The van der Waals surface area contributed by atoms with Crippen LogP contribution in [0.1, 0.15) is 23.7 Å². The molecular weight excluding hydrogens is 351 g/mol. The summed E-state index contributed by atoms with van der Waals surface area (Å²) < 4.78 is 40.7. The molecule has 0 aliphatic heterocycles. The average Bonchev–Trinajstić information content (AvgIpc) is 2.94. The minimum Gasteiger partial charge on any atom is -0.330 e. The van der Waals surface area contributed by atoms with E-state index in [0.717, 1.165) is 24.2 Å². The summed E-state index contributed by atoms with van der Waals surface area (Å²) in [5, 5.41) is -0.0375. The maximum atomic E-state index is 13.1. The van der Waals surface area contributed by atoms with Gasteiger partial charge in [0.25, 0.3) is 0 Å². The van der Waals surface area contributed by atoms with Crippen LogP contribution < -0.4 is 5.73 Å². The normalized spacial score (nSPS) is 12.1. The molecule has 3 nitrogen and oxygen atoms in total. The van der Waals surface area contributed by atoms with Crippen LogP contribution >= 0.6 is 11.6 Å². The summed E-state index contributed by atoms with van der Waals surface area (Å²) in [4.78, 5) is 4.49. The highest BCUT2D eigenvalue weighted by molar-refractivity contribution is 6.33. The molecule has 0 atom stereocenters. The first-order chi connectivity index (χ1) is 11.8. The zero-order chi connectivity index (χ0) is 18.2. The Morgan fingerprint density at radius 2 is 1.88 bits per heavy atom. The van der Waals surface area contributed by atoms with Crippen LogP contribution in [-0.2, 0) is 19.0 Å². The minimum absolute atomic E-state index is 0.0375. The Hall–Kier alpha value is -2.05. The first-order valence-corrected chi connectivity index (χ1v) is 8.30. The highest BCUT2D eigenvalue weighted by Crippen LogP contribution is 2.35. The molecule has 0 unspecified atom stereocenters. The molecule has 2 N–H and O–H groups in total. The van der Waals surface area contributed by atoms with Crippen molar-refractivity contribution in [3.63, 3.8) is 0 Å². The van der Waals surface area contributed by atoms with E-state index in [0.29, 0.717) is 30.0 Å². The quantitative estimate of drug-likeness (QED) is 0.724. The number of alkyl halides is 3. The molecule has 0 aliphatic rings. The molecule has 7 heteroatoms. The summed E-state index contributed by atoms with van der Waals surface area (Å²) in [6.07, 6.45) is -2.15. The monoisotopic (exact) mass is 367 g/mol. The largest absolute Gasteiger partial charge is 0.417 e. The molecule has 3 aromatic rings. The number of imidazole rings is 1. The molecule has 0 spiro atoms. The van der Waals surface area contributed by atoms with Crippen molar-refractivity contribution < 1.29 is 13.2 Å². The number of benzene rings is 1. The molecule has 3 rings (SSSR count). The van der Waals surface area contributed by atoms with E-state index in [1.54, 1.807) is 0 Å². The van der Waals surface area contributed by atoms with Gasteiger partial charge in [-0.3, -0.25) is 0 Å². The Kier molecular flexibility index (Phi) is 4.75. The van der Waals surface area contributed by atoms with Crippen molar-refractivity contribution in [3.05, 3.63) is 58.4 Å². The van der Waals surface area contributed by atoms with Gasteiger partial charge < -0.3 is 10.1 Å². The lowest BCUT2D eigenvalue weighted by molar-refractivity contribution is -0.137. The fourth-order valence-electron chi connectivity index (χ4n) is 2.81. The van der Waals surface area contributed by atoms with E-state index >= 15 is 0 Å². The zero-order valence-electron chi connectivity index (χ0n) is 13.6. The van der Waals surface area contributed by atoms with Crippen molar-refractivity contribution in [3.8, 4) is 11.3 Å². The van der Waals surface area contributed by atoms with E-state index in [-0.39, 0.29) is 5.02 Å². The molecular formula is C18H17ClF3N3. The summed E-state index contributed by atoms with van der Waals surface area (Å²) in [5.41, 5.74) is 8.38. The van der Waals surface area contributed by atoms with E-state index in [4.69, 9.17) is 17.3 Å². The number of hydrogen-bond donors (Lipinski definition) is 1. The lowest BCUT2D eigenvalue weighted by Crippen LogP contribution is -2.10. The molecule has 1 aromatic carbocycles. The third-order valence-electron chi connectivity index (χ3n) is 4.12. The van der Waals surface area contributed by atoms with Gasteiger partial charge in [-0.2, -0.15) is 13.2 Å². The topological polar surface area (TPSA) is 43.3 Å². The predicted molar refractivity (Wildman–Crippen MR) is 92.8 cm³/mol. The van der Waals surface area contributed by atoms with Gasteiger partial charge in [0.2, 0.25) is 0 Å². The summed E-state index contributed by atoms with van der Waals surface area (Å²) in [6, 6.07) is 8.70. The first kappa shape index (κ1) is 17.8. The van der Waals surface area contributed by atoms with Gasteiger partial charge in [-0.25, -0.2) is 4.98 Å². The molecule has 2 aromatic heterocycles. The minimum atomic E-state index is -4.48. The smallest absolute Gasteiger partial charge is 0.330 e. The molecule has 0 aliphatic carbocycles. The first-order valence-electron chi connectivity index (χ1n) is 7.92. The standard InChI is InChI=1S/C18H17ClF3N3/c1-2-11-3-5-12(6-4-11)16-15(7-8-23)25-10-13(18(20,21)22)9-14(19)17(25)24-16/h3-6,9-10H,2,7-8,23H2,1H3. The summed E-state index contributed by atoms with van der Waals surface area (Å²) in [7, 11) is 0. The Balaban J connectivity index is 2.24. The molecule has 2 heterocycles. The number of nitrogens with two attached hydrogens (primary N) is 1. The third-order valence-corrected chi connectivity index (χ3v) is 4.40. The van der Waals surface area contributed by atoms with Crippen LogP contribution in [0, 0.1) is 0 Å². The maximum Gasteiger partial charge on any atom is 0.417 e. The van der Waals surface area contributed by atoms with Crippen molar-refractivity contribution in [1.29, 1.82) is 0 Å². The third kappa shape index (κ3) is 3.37. The van der Waals surface area contributed by atoms with Gasteiger partial charge in [-0.1, -0.05) is 42.8 Å². The zero-order valence-corrected chi connectivity index (χ0v) is 14.3. The van der Waals surface area contributed by atoms with Crippen molar-refractivity contribution >= 4 is 17.2 Å². The molecule has 25 heavy (non-hydrogen) atoms. The summed E-state index contributed by atoms with van der Waals surface area (Å²) in [6.45, 7) is 2.35. The fourth-order valence-corrected chi connectivity index (χ4v) is 3.06. The van der Waals surface area contributed by atoms with Crippen molar-refractivity contribution in [2.24, 2.45) is 5.73 Å². The molecule has 0 bridgehead atoms. The van der Waals surface area contributed by atoms with E-state index in [1.807, 2.05) is 24.3 Å². The second-order valence-corrected chi connectivity index (χ2v) is 6.17. The number of fused-ring (bicyclic) bond motifs is 1. The van der Waals surface area contributed by atoms with Gasteiger partial charge in [-0.05, 0) is 24.6 Å². The molecule has 0 fully saturated rings. The maximum absolute atomic E-state index is 13.1. The number of aryl methyl sites for hydroxylation is 1. The number of rotatable bonds is 4. The number of pyridine rings is 1. The Bertz CT molecular complexity index is 899. The predicted octanol–water partition coefficient (Wildman–Crippen LogP) is 4.74. The lowest BCUT2D eigenvalue weighted by atomic mass is 10.1. The van der Waals surface area contributed by atoms with E-state index in [1.165, 1.54) is 9.96 Å². The number of aromatic nitrogens is 2. The average molecular weight is 368 g/mol. The van der Waals surface area contributed by atoms with E-state index in [2.05, 4.69) is 11.9 Å². The molecule has 132 valence electrons. The summed E-state index contributed by atoms with van der Waals surface area (Å²) in [5.74, 6) is 0. The van der Waals surface area contributed by atoms with Gasteiger partial charge in [0.1, 0.15) is 0 Å². The van der Waals surface area contributed by atoms with Crippen LogP contribution in [0.15, 0.2) is 36.5 Å². The number of nitrogens with zero attached hydrogens (tertiary/aromatic N) is 2. The Labute approximate surface area is 148 Å². The van der Waals surface area contributed by atoms with Crippen LogP contribution in [0.25, 0.3) is 16.9 Å². The molecule has 0 saturated carbocycles. The van der Waals surface area contributed by atoms with Crippen molar-refractivity contribution in [2.45, 2.75) is 25.9 Å². The number of hydrogen-bond acceptors (Lipinski definition) is 2. The fraction of sp³-hybridized carbons (Fsp3) is 0.278. The SMILES string of the molecule is CCc1ccc(-c2nc3c(Cl)cc(C(F)(F)F)cn3c2CCN)cc1. The van der Waals surface area contributed by atoms with Crippen LogP contribution in [0.2, 0.25) is 5.02 Å². The van der Waals surface area contributed by atoms with Crippen molar-refractivity contribution in [2.75, 3.05) is 6.54 Å². The van der Waals surface area contributed by atoms with Gasteiger partial charge >= 0.3 is 6.18 Å². The van der Waals surface area contributed by atoms with E-state index < -0.39 is 11.7 Å². The molecule has 0 saturated heterocycles. The summed E-state index contributed by atoms with van der Waals surface area (Å²) >= 11 is 6.07. The molecule has 0 radical (unpaired) electrons. The number of halogens is 4. The Morgan fingerprint density at radius 1 is 1.20 bits per heavy atom. The van der Waals surface area contributed by atoms with Gasteiger partial charge in [0, 0.05) is 18.2 Å². The Morgan fingerprint density at radius 3 is 2.44 bits per heavy atom. The van der Waals surface area contributed by atoms with Gasteiger partial charge in [0.05, 0.1) is 22.0 Å². The van der Waals surface area contributed by atoms with Crippen LogP contribution in [0.3, 0.4) is 0 Å².